The summed E-state index contributed by atoms with van der Waals surface area (Å²) in [6, 6.07) is 6.93. The molecule has 0 heterocycles. The predicted molar refractivity (Wildman–Crippen MR) is 52.9 cm³/mol. The molecule has 0 aromatic heterocycles. The molecule has 0 saturated carbocycles. The number of rotatable bonds is 1. The second kappa shape index (κ2) is 3.63. The summed E-state index contributed by atoms with van der Waals surface area (Å²) in [5, 5.41) is 8.63. The lowest BCUT2D eigenvalue weighted by Gasteiger charge is -2.15. The van der Waals surface area contributed by atoms with E-state index in [0.29, 0.717) is 6.42 Å². The Morgan fingerprint density at radius 3 is 3.07 bits per heavy atom. The van der Waals surface area contributed by atoms with Gasteiger partial charge in [0.25, 0.3) is 0 Å². The first-order valence-corrected chi connectivity index (χ1v) is 4.66. The van der Waals surface area contributed by atoms with Gasteiger partial charge in [-0.1, -0.05) is 12.1 Å². The van der Waals surface area contributed by atoms with Gasteiger partial charge in [-0.3, -0.25) is 0 Å². The van der Waals surface area contributed by atoms with Crippen molar-refractivity contribution < 1.29 is 4.39 Å². The van der Waals surface area contributed by atoms with Gasteiger partial charge in [0.2, 0.25) is 0 Å². The average molecular weight is 187 g/mol. The van der Waals surface area contributed by atoms with Crippen molar-refractivity contribution in [2.75, 3.05) is 0 Å². The highest BCUT2D eigenvalue weighted by molar-refractivity contribution is 5.71. The molecule has 0 N–H and O–H groups in total. The molecule has 1 aromatic carbocycles. The Hall–Kier alpha value is -1.62. The zero-order valence-corrected chi connectivity index (χ0v) is 7.76. The standard InChI is InChI=1S/C12H10FN/c13-11-5-4-9-2-1-3-10(6-7-14)12(9)8-11/h3-5,8H,1-2,6H2. The number of nitrogens with zero attached hydrogens (tertiary/aromatic N) is 1. The van der Waals surface area contributed by atoms with E-state index in [1.165, 1.54) is 12.1 Å². The van der Waals surface area contributed by atoms with Crippen LogP contribution in [0.15, 0.2) is 24.3 Å². The van der Waals surface area contributed by atoms with Crippen LogP contribution < -0.4 is 0 Å². The highest BCUT2D eigenvalue weighted by Crippen LogP contribution is 2.28. The summed E-state index contributed by atoms with van der Waals surface area (Å²) in [6.07, 6.45) is 4.31. The van der Waals surface area contributed by atoms with E-state index < -0.39 is 0 Å². The largest absolute Gasteiger partial charge is 0.207 e. The minimum Gasteiger partial charge on any atom is -0.207 e. The molecule has 0 spiro atoms. The summed E-state index contributed by atoms with van der Waals surface area (Å²) < 4.78 is 13.0. The normalized spacial score (nSPS) is 14.1. The zero-order valence-electron chi connectivity index (χ0n) is 7.76. The molecular weight excluding hydrogens is 177 g/mol. The quantitative estimate of drug-likeness (QED) is 0.662. The van der Waals surface area contributed by atoms with Crippen molar-refractivity contribution in [3.05, 3.63) is 41.2 Å². The Balaban J connectivity index is 2.47. The highest BCUT2D eigenvalue weighted by Gasteiger charge is 2.12. The molecule has 0 unspecified atom stereocenters. The van der Waals surface area contributed by atoms with Crippen LogP contribution in [0.3, 0.4) is 0 Å². The molecule has 0 atom stereocenters. The molecular formula is C12H10FN. The van der Waals surface area contributed by atoms with E-state index in [1.807, 2.05) is 12.1 Å². The fourth-order valence-electron chi connectivity index (χ4n) is 1.83. The van der Waals surface area contributed by atoms with Crippen LogP contribution in [-0.2, 0) is 6.42 Å². The Kier molecular flexibility index (Phi) is 2.32. The number of fused-ring (bicyclic) bond motifs is 1. The van der Waals surface area contributed by atoms with Crippen molar-refractivity contribution in [2.24, 2.45) is 0 Å². The van der Waals surface area contributed by atoms with E-state index in [9.17, 15) is 4.39 Å². The van der Waals surface area contributed by atoms with Crippen molar-refractivity contribution in [3.63, 3.8) is 0 Å². The minimum atomic E-state index is -0.227. The maximum Gasteiger partial charge on any atom is 0.123 e. The van der Waals surface area contributed by atoms with Gasteiger partial charge in [0.15, 0.2) is 0 Å². The number of nitriles is 1. The number of aryl methyl sites for hydroxylation is 1. The number of hydrogen-bond donors (Lipinski definition) is 0. The van der Waals surface area contributed by atoms with E-state index in [1.54, 1.807) is 0 Å². The number of hydrogen-bond acceptors (Lipinski definition) is 1. The molecule has 0 fully saturated rings. The van der Waals surface area contributed by atoms with Crippen LogP contribution >= 0.6 is 0 Å². The zero-order chi connectivity index (χ0) is 9.97. The molecule has 0 saturated heterocycles. The molecule has 70 valence electrons. The van der Waals surface area contributed by atoms with Crippen molar-refractivity contribution in [2.45, 2.75) is 19.3 Å². The topological polar surface area (TPSA) is 23.8 Å². The summed E-state index contributed by atoms with van der Waals surface area (Å²) in [5.41, 5.74) is 3.03. The van der Waals surface area contributed by atoms with Crippen LogP contribution in [0, 0.1) is 17.1 Å². The van der Waals surface area contributed by atoms with Gasteiger partial charge in [0.05, 0.1) is 12.5 Å². The van der Waals surface area contributed by atoms with Crippen LogP contribution in [0.25, 0.3) is 5.57 Å². The summed E-state index contributed by atoms with van der Waals surface area (Å²) in [4.78, 5) is 0. The second-order valence-corrected chi connectivity index (χ2v) is 3.40. The Bertz CT molecular complexity index is 426. The summed E-state index contributed by atoms with van der Waals surface area (Å²) in [7, 11) is 0. The minimum absolute atomic E-state index is 0.227. The fraction of sp³-hybridized carbons (Fsp3) is 0.250. The number of allylic oxidation sites excluding steroid dienone is 2. The third kappa shape index (κ3) is 1.54. The second-order valence-electron chi connectivity index (χ2n) is 3.40. The maximum atomic E-state index is 13.0. The Labute approximate surface area is 82.5 Å². The number of halogens is 1. The van der Waals surface area contributed by atoms with Crippen molar-refractivity contribution >= 4 is 5.57 Å². The Morgan fingerprint density at radius 2 is 2.29 bits per heavy atom. The predicted octanol–water partition coefficient (Wildman–Crippen LogP) is 3.07. The lowest BCUT2D eigenvalue weighted by atomic mass is 9.89. The fourth-order valence-corrected chi connectivity index (χ4v) is 1.83. The molecule has 1 aliphatic carbocycles. The van der Waals surface area contributed by atoms with E-state index >= 15 is 0 Å². The SMILES string of the molecule is N#CCC1=CCCc2ccc(F)cc21. The first-order valence-electron chi connectivity index (χ1n) is 4.66. The molecule has 2 rings (SSSR count). The van der Waals surface area contributed by atoms with Gasteiger partial charge in [-0.15, -0.1) is 0 Å². The third-order valence-electron chi connectivity index (χ3n) is 2.49. The molecule has 1 nitrogen and oxygen atoms in total. The monoisotopic (exact) mass is 187 g/mol. The molecule has 1 aromatic rings. The van der Waals surface area contributed by atoms with E-state index in [0.717, 1.165) is 29.5 Å². The number of benzene rings is 1. The summed E-state index contributed by atoms with van der Waals surface area (Å²) in [6.45, 7) is 0. The van der Waals surface area contributed by atoms with E-state index in [-0.39, 0.29) is 5.82 Å². The van der Waals surface area contributed by atoms with Gasteiger partial charge < -0.3 is 0 Å². The molecule has 0 radical (unpaired) electrons. The highest BCUT2D eigenvalue weighted by atomic mass is 19.1. The van der Waals surface area contributed by atoms with Crippen LogP contribution in [0.4, 0.5) is 4.39 Å². The van der Waals surface area contributed by atoms with Gasteiger partial charge in [0.1, 0.15) is 5.82 Å². The lowest BCUT2D eigenvalue weighted by molar-refractivity contribution is 0.626. The Morgan fingerprint density at radius 1 is 1.43 bits per heavy atom. The van der Waals surface area contributed by atoms with Gasteiger partial charge in [0, 0.05) is 0 Å². The van der Waals surface area contributed by atoms with Crippen LogP contribution in [0.5, 0.6) is 0 Å². The molecule has 1 aliphatic rings. The molecule has 0 bridgehead atoms. The van der Waals surface area contributed by atoms with E-state index in [4.69, 9.17) is 5.26 Å². The average Bonchev–Trinajstić information content (AvgIpc) is 2.19. The molecule has 0 amide bonds. The van der Waals surface area contributed by atoms with Crippen molar-refractivity contribution in [1.82, 2.24) is 0 Å². The van der Waals surface area contributed by atoms with Crippen molar-refractivity contribution in [3.8, 4) is 6.07 Å². The molecule has 2 heteroatoms. The first-order chi connectivity index (χ1) is 6.81. The summed E-state index contributed by atoms with van der Waals surface area (Å²) >= 11 is 0. The third-order valence-corrected chi connectivity index (χ3v) is 2.49. The lowest BCUT2D eigenvalue weighted by Crippen LogP contribution is -2.00. The van der Waals surface area contributed by atoms with Crippen LogP contribution in [0.2, 0.25) is 0 Å². The van der Waals surface area contributed by atoms with Crippen LogP contribution in [0.1, 0.15) is 24.0 Å². The van der Waals surface area contributed by atoms with Gasteiger partial charge in [-0.2, -0.15) is 5.26 Å². The molecule has 14 heavy (non-hydrogen) atoms. The molecule has 0 aliphatic heterocycles. The van der Waals surface area contributed by atoms with Gasteiger partial charge in [-0.05, 0) is 41.7 Å². The summed E-state index contributed by atoms with van der Waals surface area (Å²) in [5.74, 6) is -0.227. The maximum absolute atomic E-state index is 13.0. The smallest absolute Gasteiger partial charge is 0.123 e. The van der Waals surface area contributed by atoms with Gasteiger partial charge >= 0.3 is 0 Å². The van der Waals surface area contributed by atoms with E-state index in [2.05, 4.69) is 6.07 Å². The van der Waals surface area contributed by atoms with Crippen molar-refractivity contribution in [1.29, 1.82) is 5.26 Å². The van der Waals surface area contributed by atoms with Crippen LogP contribution in [-0.4, -0.2) is 0 Å². The van der Waals surface area contributed by atoms with Gasteiger partial charge in [-0.25, -0.2) is 4.39 Å². The first kappa shape index (κ1) is 8.96.